The van der Waals surface area contributed by atoms with Gasteiger partial charge in [-0.05, 0) is 37.5 Å². The van der Waals surface area contributed by atoms with Gasteiger partial charge in [0, 0.05) is 0 Å². The Kier molecular flexibility index (Phi) is 5.29. The highest BCUT2D eigenvalue weighted by Gasteiger charge is 2.56. The molecule has 2 fully saturated rings. The lowest BCUT2D eigenvalue weighted by Crippen LogP contribution is -2.37. The summed E-state index contributed by atoms with van der Waals surface area (Å²) in [6.45, 7) is 10.0. The van der Waals surface area contributed by atoms with E-state index in [1.807, 2.05) is 25.1 Å². The van der Waals surface area contributed by atoms with E-state index in [4.69, 9.17) is 18.9 Å². The lowest BCUT2D eigenvalue weighted by molar-refractivity contribution is -0.226. The fourth-order valence-corrected chi connectivity index (χ4v) is 3.25. The van der Waals surface area contributed by atoms with Crippen molar-refractivity contribution in [1.82, 2.24) is 0 Å². The predicted octanol–water partition coefficient (Wildman–Crippen LogP) is 1.97. The van der Waals surface area contributed by atoms with Gasteiger partial charge in [0.15, 0.2) is 12.1 Å². The first-order chi connectivity index (χ1) is 11.8. The van der Waals surface area contributed by atoms with Crippen molar-refractivity contribution in [3.05, 3.63) is 47.5 Å². The van der Waals surface area contributed by atoms with Crippen LogP contribution in [-0.4, -0.2) is 47.2 Å². The number of rotatable bonds is 6. The van der Waals surface area contributed by atoms with Crippen molar-refractivity contribution in [3.63, 3.8) is 0 Å². The molecule has 25 heavy (non-hydrogen) atoms. The van der Waals surface area contributed by atoms with E-state index in [2.05, 4.69) is 6.58 Å². The largest absolute Gasteiger partial charge is 0.387 e. The molecule has 6 nitrogen and oxygen atoms in total. The van der Waals surface area contributed by atoms with Gasteiger partial charge >= 0.3 is 0 Å². The molecule has 0 spiro atoms. The van der Waals surface area contributed by atoms with Gasteiger partial charge in [-0.1, -0.05) is 24.3 Å². The molecule has 138 valence electrons. The number of aliphatic hydroxyl groups is 2. The maximum Gasteiger partial charge on any atom is 0.190 e. The molecule has 0 bridgehead atoms. The zero-order valence-electron chi connectivity index (χ0n) is 14.8. The average molecular weight is 350 g/mol. The molecule has 2 aliphatic rings. The number of aryl methyl sites for hydroxylation is 1. The minimum Gasteiger partial charge on any atom is -0.387 e. The highest BCUT2D eigenvalue weighted by atomic mass is 16.8. The molecule has 2 heterocycles. The molecule has 0 radical (unpaired) electrons. The van der Waals surface area contributed by atoms with Crippen molar-refractivity contribution in [1.29, 1.82) is 0 Å². The number of benzene rings is 1. The highest BCUT2D eigenvalue weighted by Crippen LogP contribution is 2.41. The predicted molar refractivity (Wildman–Crippen MR) is 90.7 cm³/mol. The number of ether oxygens (including phenoxy) is 4. The fourth-order valence-electron chi connectivity index (χ4n) is 3.25. The molecule has 0 saturated carbocycles. The highest BCUT2D eigenvalue weighted by molar-refractivity contribution is 5.32. The van der Waals surface area contributed by atoms with Gasteiger partial charge in [-0.3, -0.25) is 0 Å². The Hall–Kier alpha value is -1.28. The van der Waals surface area contributed by atoms with Crippen molar-refractivity contribution in [2.45, 2.75) is 63.9 Å². The molecule has 0 aliphatic carbocycles. The molecule has 3 rings (SSSR count). The first-order valence-electron chi connectivity index (χ1n) is 8.47. The molecule has 0 aromatic heterocycles. The monoisotopic (exact) mass is 350 g/mol. The van der Waals surface area contributed by atoms with Crippen LogP contribution in [0.25, 0.3) is 0 Å². The number of aliphatic hydroxyl groups excluding tert-OH is 2. The van der Waals surface area contributed by atoms with Crippen LogP contribution in [0.15, 0.2) is 30.9 Å². The van der Waals surface area contributed by atoms with Crippen LogP contribution in [0.2, 0.25) is 0 Å². The molecule has 0 amide bonds. The Morgan fingerprint density at radius 3 is 2.80 bits per heavy atom. The van der Waals surface area contributed by atoms with E-state index >= 15 is 0 Å². The van der Waals surface area contributed by atoms with Crippen LogP contribution in [0.4, 0.5) is 0 Å². The fraction of sp³-hybridized carbons (Fsp3) is 0.579. The second-order valence-electron chi connectivity index (χ2n) is 6.99. The third kappa shape index (κ3) is 3.79. The van der Waals surface area contributed by atoms with Gasteiger partial charge < -0.3 is 29.2 Å². The van der Waals surface area contributed by atoms with Gasteiger partial charge in [-0.15, -0.1) is 6.58 Å². The Morgan fingerprint density at radius 2 is 2.12 bits per heavy atom. The normalized spacial score (nSPS) is 31.7. The SMILES string of the molecule is C=CCOCc1cc([C@H](O)[C@@H]2O[C@H]3OC(C)(C)O[C@H]3[C@@H]2O)ccc1C. The van der Waals surface area contributed by atoms with Crippen LogP contribution in [-0.2, 0) is 25.6 Å². The van der Waals surface area contributed by atoms with E-state index in [1.54, 1.807) is 19.9 Å². The lowest BCUT2D eigenvalue weighted by Gasteiger charge is -2.26. The number of hydrogen-bond donors (Lipinski definition) is 2. The summed E-state index contributed by atoms with van der Waals surface area (Å²) < 4.78 is 22.5. The molecule has 2 saturated heterocycles. The lowest BCUT2D eigenvalue weighted by atomic mass is 9.96. The molecular formula is C19H26O6. The third-order valence-corrected chi connectivity index (χ3v) is 4.57. The van der Waals surface area contributed by atoms with Gasteiger partial charge in [0.1, 0.15) is 24.4 Å². The molecule has 2 N–H and O–H groups in total. The van der Waals surface area contributed by atoms with Crippen molar-refractivity contribution in [2.24, 2.45) is 0 Å². The number of fused-ring (bicyclic) bond motifs is 1. The van der Waals surface area contributed by atoms with Crippen molar-refractivity contribution in [2.75, 3.05) is 6.61 Å². The summed E-state index contributed by atoms with van der Waals surface area (Å²) in [6, 6.07) is 5.62. The van der Waals surface area contributed by atoms with Gasteiger partial charge in [0.2, 0.25) is 0 Å². The molecule has 2 aliphatic heterocycles. The molecule has 0 unspecified atom stereocenters. The van der Waals surface area contributed by atoms with E-state index < -0.39 is 36.5 Å². The maximum absolute atomic E-state index is 10.7. The Morgan fingerprint density at radius 1 is 1.36 bits per heavy atom. The van der Waals surface area contributed by atoms with Crippen molar-refractivity contribution >= 4 is 0 Å². The van der Waals surface area contributed by atoms with Crippen LogP contribution in [0.3, 0.4) is 0 Å². The summed E-state index contributed by atoms with van der Waals surface area (Å²) >= 11 is 0. The zero-order valence-corrected chi connectivity index (χ0v) is 14.8. The Labute approximate surface area is 148 Å². The Balaban J connectivity index is 1.72. The van der Waals surface area contributed by atoms with Crippen LogP contribution in [0.5, 0.6) is 0 Å². The van der Waals surface area contributed by atoms with E-state index in [0.717, 1.165) is 11.1 Å². The number of hydrogen-bond acceptors (Lipinski definition) is 6. The van der Waals surface area contributed by atoms with E-state index in [-0.39, 0.29) is 0 Å². The van der Waals surface area contributed by atoms with Gasteiger partial charge in [0.25, 0.3) is 0 Å². The van der Waals surface area contributed by atoms with Gasteiger partial charge in [0.05, 0.1) is 13.2 Å². The van der Waals surface area contributed by atoms with Crippen LogP contribution < -0.4 is 0 Å². The smallest absolute Gasteiger partial charge is 0.190 e. The topological polar surface area (TPSA) is 77.4 Å². The van der Waals surface area contributed by atoms with Gasteiger partial charge in [-0.2, -0.15) is 0 Å². The van der Waals surface area contributed by atoms with Crippen molar-refractivity contribution < 1.29 is 29.2 Å². The average Bonchev–Trinajstić information content (AvgIpc) is 3.02. The first-order valence-corrected chi connectivity index (χ1v) is 8.47. The minimum atomic E-state index is -0.991. The molecule has 1 aromatic rings. The maximum atomic E-state index is 10.7. The van der Waals surface area contributed by atoms with E-state index in [0.29, 0.717) is 18.8 Å². The van der Waals surface area contributed by atoms with E-state index in [9.17, 15) is 10.2 Å². The molecule has 1 aromatic carbocycles. The van der Waals surface area contributed by atoms with Crippen LogP contribution >= 0.6 is 0 Å². The van der Waals surface area contributed by atoms with Gasteiger partial charge in [-0.25, -0.2) is 0 Å². The summed E-state index contributed by atoms with van der Waals surface area (Å²) in [5.74, 6) is -0.800. The quantitative estimate of drug-likeness (QED) is 0.603. The first kappa shape index (κ1) is 18.5. The summed E-state index contributed by atoms with van der Waals surface area (Å²) in [5, 5.41) is 21.2. The van der Waals surface area contributed by atoms with Crippen molar-refractivity contribution in [3.8, 4) is 0 Å². The third-order valence-electron chi connectivity index (χ3n) is 4.57. The second-order valence-corrected chi connectivity index (χ2v) is 6.99. The van der Waals surface area contributed by atoms with Crippen LogP contribution in [0.1, 0.15) is 36.6 Å². The summed E-state index contributed by atoms with van der Waals surface area (Å²) in [6.07, 6.45) is -2.35. The molecule has 6 heteroatoms. The van der Waals surface area contributed by atoms with Crippen LogP contribution in [0, 0.1) is 6.92 Å². The minimum absolute atomic E-state index is 0.429. The summed E-state index contributed by atoms with van der Waals surface area (Å²) in [5.41, 5.74) is 2.70. The van der Waals surface area contributed by atoms with E-state index in [1.165, 1.54) is 0 Å². The zero-order chi connectivity index (χ0) is 18.2. The molecular weight excluding hydrogens is 324 g/mol. The Bertz CT molecular complexity index is 628. The summed E-state index contributed by atoms with van der Waals surface area (Å²) in [7, 11) is 0. The second kappa shape index (κ2) is 7.15. The summed E-state index contributed by atoms with van der Waals surface area (Å²) in [4.78, 5) is 0. The molecule has 5 atom stereocenters. The standard InChI is InChI=1S/C19H26O6/c1-5-8-22-10-13-9-12(7-6-11(13)2)14(20)16-15(21)17-18(23-16)25-19(3,4)24-17/h5-7,9,14-18,20-21H,1,8,10H2,2-4H3/t14-,15+,16-,17-,18-/m0/s1.